The van der Waals surface area contributed by atoms with E-state index in [1.165, 1.54) is 0 Å². The average molecular weight is 401 g/mol. The molecule has 0 spiro atoms. The second-order valence-corrected chi connectivity index (χ2v) is 9.30. The van der Waals surface area contributed by atoms with E-state index in [0.717, 1.165) is 5.56 Å². The van der Waals surface area contributed by atoms with E-state index in [4.69, 9.17) is 0 Å². The van der Waals surface area contributed by atoms with Crippen molar-refractivity contribution in [3.8, 4) is 5.75 Å². The normalized spacial score (nSPS) is 18.7. The van der Waals surface area contributed by atoms with Crippen molar-refractivity contribution >= 4 is 21.5 Å². The fourth-order valence-electron chi connectivity index (χ4n) is 3.35. The molecule has 1 atom stereocenters. The topological polar surface area (TPSA) is 95.8 Å². The molecule has 7 heteroatoms. The quantitative estimate of drug-likeness (QED) is 0.552. The first-order valence-electron chi connectivity index (χ1n) is 9.31. The fraction of sp³-hybridized carbons (Fsp3) is 0.333. The highest BCUT2D eigenvalue weighted by molar-refractivity contribution is 7.91. The number of hydrazone groups is 1. The number of rotatable bonds is 7. The Hall–Kier alpha value is -2.67. The Morgan fingerprint density at radius 2 is 1.82 bits per heavy atom. The van der Waals surface area contributed by atoms with Crippen molar-refractivity contribution in [2.24, 2.45) is 11.0 Å². The second-order valence-electron chi connectivity index (χ2n) is 7.07. The molecule has 3 rings (SSSR count). The maximum atomic E-state index is 12.2. The van der Waals surface area contributed by atoms with E-state index in [2.05, 4.69) is 10.5 Å². The van der Waals surface area contributed by atoms with Crippen LogP contribution in [0.4, 0.5) is 0 Å². The molecular formula is C21H24N2O4S. The molecule has 0 aromatic heterocycles. The van der Waals surface area contributed by atoms with Gasteiger partial charge in [0, 0.05) is 12.0 Å². The maximum absolute atomic E-state index is 12.2. The molecule has 0 bridgehead atoms. The Bertz CT molecular complexity index is 955. The Morgan fingerprint density at radius 1 is 1.11 bits per heavy atom. The summed E-state index contributed by atoms with van der Waals surface area (Å²) in [6, 6.07) is 16.8. The minimum Gasteiger partial charge on any atom is -0.507 e. The minimum absolute atomic E-state index is 0.0600. The van der Waals surface area contributed by atoms with Crippen LogP contribution in [0.15, 0.2) is 59.7 Å². The van der Waals surface area contributed by atoms with Crippen molar-refractivity contribution in [1.82, 2.24) is 5.43 Å². The summed E-state index contributed by atoms with van der Waals surface area (Å²) in [6.07, 6.45) is 1.90. The van der Waals surface area contributed by atoms with E-state index >= 15 is 0 Å². The van der Waals surface area contributed by atoms with Gasteiger partial charge >= 0.3 is 0 Å². The molecule has 0 aliphatic carbocycles. The van der Waals surface area contributed by atoms with E-state index in [0.29, 0.717) is 30.5 Å². The molecule has 2 N–H and O–H groups in total. The van der Waals surface area contributed by atoms with Gasteiger partial charge in [-0.25, -0.2) is 13.8 Å². The lowest BCUT2D eigenvalue weighted by molar-refractivity contribution is -0.121. The molecule has 6 nitrogen and oxygen atoms in total. The highest BCUT2D eigenvalue weighted by Crippen LogP contribution is 2.22. The van der Waals surface area contributed by atoms with Gasteiger partial charge in [-0.15, -0.1) is 0 Å². The monoisotopic (exact) mass is 400 g/mol. The minimum atomic E-state index is -3.01. The first-order valence-corrected chi connectivity index (χ1v) is 11.1. The summed E-state index contributed by atoms with van der Waals surface area (Å²) < 4.78 is 23.1. The van der Waals surface area contributed by atoms with E-state index in [1.54, 1.807) is 24.3 Å². The number of amides is 1. The van der Waals surface area contributed by atoms with Crippen LogP contribution in [0.25, 0.3) is 0 Å². The number of aryl methyl sites for hydroxylation is 1. The Kier molecular flexibility index (Phi) is 6.46. The number of sulfone groups is 1. The van der Waals surface area contributed by atoms with Crippen LogP contribution >= 0.6 is 0 Å². The van der Waals surface area contributed by atoms with Crippen molar-refractivity contribution in [2.75, 3.05) is 11.5 Å². The predicted molar refractivity (Wildman–Crippen MR) is 109 cm³/mol. The molecule has 28 heavy (non-hydrogen) atoms. The number of carbonyl (C=O) groups is 1. The van der Waals surface area contributed by atoms with Crippen LogP contribution in [0.1, 0.15) is 30.4 Å². The number of benzene rings is 2. The molecule has 148 valence electrons. The number of aromatic hydroxyl groups is 1. The van der Waals surface area contributed by atoms with Crippen molar-refractivity contribution < 1.29 is 18.3 Å². The van der Waals surface area contributed by atoms with Gasteiger partial charge in [-0.3, -0.25) is 4.79 Å². The summed E-state index contributed by atoms with van der Waals surface area (Å²) >= 11 is 0. The van der Waals surface area contributed by atoms with Crippen LogP contribution in [-0.2, 0) is 21.1 Å². The van der Waals surface area contributed by atoms with Crippen molar-refractivity contribution in [2.45, 2.75) is 25.7 Å². The van der Waals surface area contributed by atoms with Crippen molar-refractivity contribution in [3.63, 3.8) is 0 Å². The summed E-state index contributed by atoms with van der Waals surface area (Å²) in [6.45, 7) is 0. The number of nitrogens with one attached hydrogen (secondary N) is 1. The highest BCUT2D eigenvalue weighted by Gasteiger charge is 2.29. The summed E-state index contributed by atoms with van der Waals surface area (Å²) in [5.41, 5.74) is 4.82. The van der Waals surface area contributed by atoms with E-state index in [9.17, 15) is 18.3 Å². The Balaban J connectivity index is 1.69. The molecular weight excluding hydrogens is 376 g/mol. The van der Waals surface area contributed by atoms with E-state index in [-0.39, 0.29) is 35.5 Å². The first-order chi connectivity index (χ1) is 13.4. The summed E-state index contributed by atoms with van der Waals surface area (Å²) in [4.78, 5) is 12.2. The zero-order valence-corrected chi connectivity index (χ0v) is 16.4. The van der Waals surface area contributed by atoms with Crippen LogP contribution in [0, 0.1) is 5.92 Å². The van der Waals surface area contributed by atoms with Gasteiger partial charge in [0.1, 0.15) is 5.75 Å². The average Bonchev–Trinajstić information content (AvgIpc) is 3.02. The summed E-state index contributed by atoms with van der Waals surface area (Å²) in [5.74, 6) is -0.155. The number of para-hydroxylation sites is 1. The lowest BCUT2D eigenvalue weighted by atomic mass is 10.0. The van der Waals surface area contributed by atoms with Crippen molar-refractivity contribution in [3.05, 3.63) is 65.7 Å². The van der Waals surface area contributed by atoms with Crippen LogP contribution in [0.2, 0.25) is 0 Å². The van der Waals surface area contributed by atoms with Gasteiger partial charge in [-0.05, 0) is 42.9 Å². The van der Waals surface area contributed by atoms with Gasteiger partial charge in [-0.1, -0.05) is 42.5 Å². The lowest BCUT2D eigenvalue weighted by Crippen LogP contribution is -2.23. The number of nitrogens with zero attached hydrogens (tertiary/aromatic N) is 1. The third-order valence-electron chi connectivity index (χ3n) is 4.82. The molecule has 0 unspecified atom stereocenters. The molecule has 1 heterocycles. The van der Waals surface area contributed by atoms with Crippen LogP contribution < -0.4 is 5.43 Å². The molecule has 1 fully saturated rings. The van der Waals surface area contributed by atoms with Crippen LogP contribution in [0.5, 0.6) is 5.75 Å². The second kappa shape index (κ2) is 9.01. The zero-order chi connectivity index (χ0) is 20.0. The van der Waals surface area contributed by atoms with Crippen LogP contribution in [0.3, 0.4) is 0 Å². The maximum Gasteiger partial charge on any atom is 0.240 e. The SMILES string of the molecule is O=C(C[C@@H]1CCS(=O)(=O)C1)N/N=C(\CCc1ccccc1)c1ccccc1O. The largest absolute Gasteiger partial charge is 0.507 e. The van der Waals surface area contributed by atoms with Gasteiger partial charge in [0.15, 0.2) is 9.84 Å². The lowest BCUT2D eigenvalue weighted by Gasteiger charge is -2.11. The van der Waals surface area contributed by atoms with Gasteiger partial charge in [-0.2, -0.15) is 5.10 Å². The number of carbonyl (C=O) groups excluding carboxylic acids is 1. The zero-order valence-electron chi connectivity index (χ0n) is 15.5. The number of phenols is 1. The number of hydrogen-bond acceptors (Lipinski definition) is 5. The molecule has 1 amide bonds. The molecule has 0 radical (unpaired) electrons. The first kappa shape index (κ1) is 20.1. The molecule has 2 aromatic rings. The molecule has 1 aliphatic heterocycles. The highest BCUT2D eigenvalue weighted by atomic mass is 32.2. The molecule has 0 saturated carbocycles. The van der Waals surface area contributed by atoms with Gasteiger partial charge in [0.25, 0.3) is 0 Å². The predicted octanol–water partition coefficient (Wildman–Crippen LogP) is 2.67. The Labute approximate surface area is 165 Å². The van der Waals surface area contributed by atoms with Gasteiger partial charge < -0.3 is 5.11 Å². The number of phenolic OH excluding ortho intramolecular Hbond substituents is 1. The van der Waals surface area contributed by atoms with Crippen LogP contribution in [-0.4, -0.2) is 36.6 Å². The van der Waals surface area contributed by atoms with E-state index < -0.39 is 9.84 Å². The molecule has 1 aliphatic rings. The fourth-order valence-corrected chi connectivity index (χ4v) is 5.21. The van der Waals surface area contributed by atoms with Crippen molar-refractivity contribution in [1.29, 1.82) is 0 Å². The standard InChI is InChI=1S/C21H24N2O4S/c24-20-9-5-4-8-18(20)19(11-10-16-6-2-1-3-7-16)22-23-21(25)14-17-12-13-28(26,27)15-17/h1-9,17,24H,10-15H2,(H,23,25)/b22-19+/t17-/m0/s1. The third-order valence-corrected chi connectivity index (χ3v) is 6.66. The molecule has 2 aromatic carbocycles. The van der Waals surface area contributed by atoms with E-state index in [1.807, 2.05) is 30.3 Å². The summed E-state index contributed by atoms with van der Waals surface area (Å²) in [7, 11) is -3.01. The number of hydrogen-bond donors (Lipinski definition) is 2. The Morgan fingerprint density at radius 3 is 2.50 bits per heavy atom. The smallest absolute Gasteiger partial charge is 0.240 e. The summed E-state index contributed by atoms with van der Waals surface area (Å²) in [5, 5.41) is 14.4. The third kappa shape index (κ3) is 5.66. The molecule has 1 saturated heterocycles. The van der Waals surface area contributed by atoms with Gasteiger partial charge in [0.2, 0.25) is 5.91 Å². The van der Waals surface area contributed by atoms with Gasteiger partial charge in [0.05, 0.1) is 17.2 Å².